The number of benzene rings is 1. The zero-order valence-corrected chi connectivity index (χ0v) is 10.6. The monoisotopic (exact) mass is 332 g/mol. The summed E-state index contributed by atoms with van der Waals surface area (Å²) in [4.78, 5) is 0. The molecule has 0 amide bonds. The van der Waals surface area contributed by atoms with Crippen LogP contribution in [0.5, 0.6) is 0 Å². The summed E-state index contributed by atoms with van der Waals surface area (Å²) in [5.74, 6) is -3.26. The summed E-state index contributed by atoms with van der Waals surface area (Å²) in [5, 5.41) is 2.07. The van der Waals surface area contributed by atoms with E-state index in [9.17, 15) is 22.0 Å². The van der Waals surface area contributed by atoms with Gasteiger partial charge in [0, 0.05) is 10.2 Å². The van der Waals surface area contributed by atoms with Crippen molar-refractivity contribution in [2.24, 2.45) is 5.73 Å². The van der Waals surface area contributed by atoms with Gasteiger partial charge < -0.3 is 11.1 Å². The van der Waals surface area contributed by atoms with Crippen LogP contribution in [0.3, 0.4) is 0 Å². The van der Waals surface area contributed by atoms with Gasteiger partial charge in [0.15, 0.2) is 0 Å². The lowest BCUT2D eigenvalue weighted by atomic mass is 10.1. The van der Waals surface area contributed by atoms with Crippen LogP contribution < -0.4 is 11.1 Å². The summed E-state index contributed by atoms with van der Waals surface area (Å²) in [7, 11) is 0. The van der Waals surface area contributed by atoms with Crippen molar-refractivity contribution >= 4 is 21.6 Å². The Bertz CT molecular complexity index is 419. The third-order valence-electron chi connectivity index (χ3n) is 2.12. The van der Waals surface area contributed by atoms with Crippen molar-refractivity contribution in [3.8, 4) is 0 Å². The molecule has 0 unspecified atom stereocenters. The second kappa shape index (κ2) is 5.40. The highest BCUT2D eigenvalue weighted by atomic mass is 79.9. The summed E-state index contributed by atoms with van der Waals surface area (Å²) in [6.45, 7) is -1.89. The topological polar surface area (TPSA) is 38.0 Å². The molecule has 0 atom stereocenters. The maximum absolute atomic E-state index is 12.9. The number of hydrogen-bond acceptors (Lipinski definition) is 2. The van der Waals surface area contributed by atoms with Gasteiger partial charge in [-0.25, -0.2) is 8.78 Å². The Balaban J connectivity index is 2.97. The molecule has 18 heavy (non-hydrogen) atoms. The van der Waals surface area contributed by atoms with Crippen molar-refractivity contribution in [2.75, 3.05) is 18.4 Å². The molecule has 2 nitrogen and oxygen atoms in total. The van der Waals surface area contributed by atoms with E-state index >= 15 is 0 Å². The maximum Gasteiger partial charge on any atom is 0.418 e. The zero-order valence-electron chi connectivity index (χ0n) is 8.99. The van der Waals surface area contributed by atoms with Gasteiger partial charge in [0.25, 0.3) is 5.92 Å². The van der Waals surface area contributed by atoms with E-state index in [1.807, 2.05) is 0 Å². The highest BCUT2D eigenvalue weighted by Gasteiger charge is 2.34. The van der Waals surface area contributed by atoms with E-state index in [0.29, 0.717) is 4.47 Å². The van der Waals surface area contributed by atoms with Crippen LogP contribution in [-0.2, 0) is 6.18 Å². The van der Waals surface area contributed by atoms with E-state index in [4.69, 9.17) is 5.73 Å². The average Bonchev–Trinajstić information content (AvgIpc) is 2.25. The Morgan fingerprint density at radius 3 is 2.28 bits per heavy atom. The molecule has 0 saturated heterocycles. The molecule has 0 aliphatic rings. The highest BCUT2D eigenvalue weighted by Crippen LogP contribution is 2.36. The first-order chi connectivity index (χ1) is 8.15. The fraction of sp³-hybridized carbons (Fsp3) is 0.400. The maximum atomic E-state index is 12.9. The van der Waals surface area contributed by atoms with Gasteiger partial charge in [0.05, 0.1) is 18.7 Å². The normalized spacial score (nSPS) is 12.6. The van der Waals surface area contributed by atoms with Gasteiger partial charge in [-0.15, -0.1) is 0 Å². The molecule has 0 aliphatic heterocycles. The largest absolute Gasteiger partial charge is 0.418 e. The van der Waals surface area contributed by atoms with Crippen LogP contribution in [0.2, 0.25) is 0 Å². The Labute approximate surface area is 108 Å². The minimum atomic E-state index is -4.61. The van der Waals surface area contributed by atoms with Crippen LogP contribution in [0.15, 0.2) is 22.7 Å². The van der Waals surface area contributed by atoms with Crippen molar-refractivity contribution in [1.82, 2.24) is 0 Å². The van der Waals surface area contributed by atoms with Gasteiger partial charge in [-0.05, 0) is 18.2 Å². The predicted molar refractivity (Wildman–Crippen MR) is 61.6 cm³/mol. The standard InChI is InChI=1S/C10H10BrF5N2/c11-6-1-2-7(10(14,15)16)8(3-6)18-5-9(12,13)4-17/h1-3,18H,4-5,17H2. The van der Waals surface area contributed by atoms with Gasteiger partial charge in [-0.2, -0.15) is 13.2 Å². The number of rotatable bonds is 4. The van der Waals surface area contributed by atoms with E-state index in [0.717, 1.165) is 12.1 Å². The van der Waals surface area contributed by atoms with Gasteiger partial charge >= 0.3 is 6.18 Å². The SMILES string of the molecule is NCC(F)(F)CNc1cc(Br)ccc1C(F)(F)F. The van der Waals surface area contributed by atoms with Crippen LogP contribution in [0, 0.1) is 0 Å². The molecule has 0 fully saturated rings. The first kappa shape index (κ1) is 15.2. The summed E-state index contributed by atoms with van der Waals surface area (Å²) < 4.78 is 64.0. The number of nitrogens with two attached hydrogens (primary N) is 1. The fourth-order valence-corrected chi connectivity index (χ4v) is 1.57. The second-order valence-electron chi connectivity index (χ2n) is 3.60. The Kier molecular flexibility index (Phi) is 4.55. The highest BCUT2D eigenvalue weighted by molar-refractivity contribution is 9.10. The first-order valence-electron chi connectivity index (χ1n) is 4.84. The Hall–Kier alpha value is -0.890. The molecule has 8 heteroatoms. The number of anilines is 1. The molecule has 0 saturated carbocycles. The predicted octanol–water partition coefficient (Wildman–Crippen LogP) is 3.47. The van der Waals surface area contributed by atoms with Crippen LogP contribution in [0.25, 0.3) is 0 Å². The molecular formula is C10H10BrF5N2. The number of nitrogens with one attached hydrogen (secondary N) is 1. The van der Waals surface area contributed by atoms with Gasteiger partial charge in [-0.3, -0.25) is 0 Å². The molecule has 0 heterocycles. The lowest BCUT2D eigenvalue weighted by molar-refractivity contribution is -0.137. The van der Waals surface area contributed by atoms with E-state index in [2.05, 4.69) is 21.2 Å². The molecule has 1 aromatic carbocycles. The molecule has 0 aromatic heterocycles. The molecule has 102 valence electrons. The quantitative estimate of drug-likeness (QED) is 0.828. The van der Waals surface area contributed by atoms with Crippen LogP contribution in [0.4, 0.5) is 27.6 Å². The van der Waals surface area contributed by atoms with E-state index in [1.54, 1.807) is 0 Å². The Morgan fingerprint density at radius 2 is 1.78 bits per heavy atom. The molecule has 0 bridgehead atoms. The van der Waals surface area contributed by atoms with Crippen molar-refractivity contribution in [1.29, 1.82) is 0 Å². The summed E-state index contributed by atoms with van der Waals surface area (Å²) in [5.41, 5.74) is 3.39. The minimum absolute atomic E-state index is 0.356. The number of halogens is 6. The van der Waals surface area contributed by atoms with Crippen molar-refractivity contribution in [3.63, 3.8) is 0 Å². The van der Waals surface area contributed by atoms with Gasteiger partial charge in [-0.1, -0.05) is 15.9 Å². The third-order valence-corrected chi connectivity index (χ3v) is 2.62. The van der Waals surface area contributed by atoms with Crippen molar-refractivity contribution in [3.05, 3.63) is 28.2 Å². The van der Waals surface area contributed by atoms with Crippen molar-refractivity contribution < 1.29 is 22.0 Å². The molecule has 1 aromatic rings. The van der Waals surface area contributed by atoms with E-state index in [1.165, 1.54) is 6.07 Å². The number of alkyl halides is 5. The summed E-state index contributed by atoms with van der Waals surface area (Å²) >= 11 is 2.98. The lowest BCUT2D eigenvalue weighted by Gasteiger charge is -2.19. The fourth-order valence-electron chi connectivity index (χ4n) is 1.21. The molecular weight excluding hydrogens is 323 g/mol. The Morgan fingerprint density at radius 1 is 1.17 bits per heavy atom. The summed E-state index contributed by atoms with van der Waals surface area (Å²) in [6, 6.07) is 3.09. The van der Waals surface area contributed by atoms with Gasteiger partial charge in [0.1, 0.15) is 0 Å². The number of hydrogen-bond donors (Lipinski definition) is 2. The lowest BCUT2D eigenvalue weighted by Crippen LogP contribution is -2.35. The zero-order chi connectivity index (χ0) is 14.0. The third kappa shape index (κ3) is 4.09. The van der Waals surface area contributed by atoms with E-state index in [-0.39, 0.29) is 0 Å². The second-order valence-corrected chi connectivity index (χ2v) is 4.52. The smallest absolute Gasteiger partial charge is 0.378 e. The first-order valence-corrected chi connectivity index (χ1v) is 5.63. The molecule has 3 N–H and O–H groups in total. The van der Waals surface area contributed by atoms with E-state index < -0.39 is 36.4 Å². The van der Waals surface area contributed by atoms with Gasteiger partial charge in [0.2, 0.25) is 0 Å². The average molecular weight is 333 g/mol. The van der Waals surface area contributed by atoms with Crippen LogP contribution in [-0.4, -0.2) is 19.0 Å². The molecule has 0 aliphatic carbocycles. The van der Waals surface area contributed by atoms with Crippen molar-refractivity contribution in [2.45, 2.75) is 12.1 Å². The van der Waals surface area contributed by atoms with Crippen LogP contribution >= 0.6 is 15.9 Å². The van der Waals surface area contributed by atoms with Crippen LogP contribution in [0.1, 0.15) is 5.56 Å². The minimum Gasteiger partial charge on any atom is -0.378 e. The molecule has 0 spiro atoms. The molecule has 0 radical (unpaired) electrons. The summed E-state index contributed by atoms with van der Waals surface area (Å²) in [6.07, 6.45) is -4.61. The molecule has 1 rings (SSSR count).